The van der Waals surface area contributed by atoms with Crippen LogP contribution in [-0.4, -0.2) is 22.5 Å². The molecular weight excluding hydrogens is 228 g/mol. The van der Waals surface area contributed by atoms with Crippen molar-refractivity contribution in [3.05, 3.63) is 48.4 Å². The van der Waals surface area contributed by atoms with E-state index in [0.717, 1.165) is 17.0 Å². The summed E-state index contributed by atoms with van der Waals surface area (Å²) in [5, 5.41) is 0. The molecule has 0 aliphatic carbocycles. The first-order valence-corrected chi connectivity index (χ1v) is 5.75. The van der Waals surface area contributed by atoms with E-state index in [9.17, 15) is 4.79 Å². The van der Waals surface area contributed by atoms with Gasteiger partial charge < -0.3 is 9.72 Å². The van der Waals surface area contributed by atoms with Crippen LogP contribution in [-0.2, 0) is 9.53 Å². The normalized spacial score (nSPS) is 10.7. The van der Waals surface area contributed by atoms with E-state index in [-0.39, 0.29) is 5.97 Å². The van der Waals surface area contributed by atoms with Crippen molar-refractivity contribution in [3.8, 4) is 11.3 Å². The van der Waals surface area contributed by atoms with Crippen LogP contribution in [0.1, 0.15) is 12.6 Å². The van der Waals surface area contributed by atoms with Crippen LogP contribution in [0, 0.1) is 0 Å². The molecule has 92 valence electrons. The number of aromatic nitrogens is 2. The molecule has 0 unspecified atom stereocenters. The van der Waals surface area contributed by atoms with Crippen LogP contribution in [0.15, 0.2) is 42.7 Å². The number of nitrogens with zero attached hydrogens (tertiary/aromatic N) is 1. The fourth-order valence-corrected chi connectivity index (χ4v) is 1.60. The van der Waals surface area contributed by atoms with Crippen LogP contribution in [0.4, 0.5) is 0 Å². The number of hydrogen-bond donors (Lipinski definition) is 1. The average Bonchev–Trinajstić information content (AvgIpc) is 2.86. The summed E-state index contributed by atoms with van der Waals surface area (Å²) in [6, 6.07) is 9.78. The van der Waals surface area contributed by atoms with Crippen LogP contribution in [0.3, 0.4) is 0 Å². The van der Waals surface area contributed by atoms with E-state index >= 15 is 0 Å². The lowest BCUT2D eigenvalue weighted by Crippen LogP contribution is -1.98. The van der Waals surface area contributed by atoms with Crippen molar-refractivity contribution < 1.29 is 9.53 Å². The van der Waals surface area contributed by atoms with Gasteiger partial charge in [0.15, 0.2) is 0 Å². The molecule has 0 aliphatic rings. The van der Waals surface area contributed by atoms with Crippen molar-refractivity contribution in [3.63, 3.8) is 0 Å². The predicted molar refractivity (Wildman–Crippen MR) is 69.7 cm³/mol. The number of hydrogen-bond acceptors (Lipinski definition) is 3. The van der Waals surface area contributed by atoms with Gasteiger partial charge in [0.1, 0.15) is 0 Å². The number of aromatic amines is 1. The van der Waals surface area contributed by atoms with Gasteiger partial charge in [-0.15, -0.1) is 0 Å². The molecule has 0 saturated carbocycles. The van der Waals surface area contributed by atoms with Crippen LogP contribution >= 0.6 is 0 Å². The summed E-state index contributed by atoms with van der Waals surface area (Å²) < 4.78 is 4.83. The fraction of sp³-hybridized carbons (Fsp3) is 0.143. The van der Waals surface area contributed by atoms with E-state index in [1.165, 1.54) is 6.08 Å². The smallest absolute Gasteiger partial charge is 0.330 e. The number of rotatable bonds is 4. The second kappa shape index (κ2) is 5.82. The summed E-state index contributed by atoms with van der Waals surface area (Å²) in [6.07, 6.45) is 4.67. The molecule has 0 saturated heterocycles. The standard InChI is InChI=1S/C14H14N2O2/c1-2-18-13(17)9-8-12-14(16-10-15-12)11-6-4-3-5-7-11/h3-10H,2H2,1H3,(H,15,16). The lowest BCUT2D eigenvalue weighted by Gasteiger charge is -1.98. The van der Waals surface area contributed by atoms with Crippen molar-refractivity contribution in [1.82, 2.24) is 9.97 Å². The van der Waals surface area contributed by atoms with Gasteiger partial charge in [-0.3, -0.25) is 0 Å². The molecule has 1 heterocycles. The first kappa shape index (κ1) is 12.1. The minimum absolute atomic E-state index is 0.355. The van der Waals surface area contributed by atoms with Gasteiger partial charge in [0.2, 0.25) is 0 Å². The molecule has 0 aliphatic heterocycles. The Labute approximate surface area is 105 Å². The summed E-state index contributed by atoms with van der Waals surface area (Å²) >= 11 is 0. The van der Waals surface area contributed by atoms with E-state index in [4.69, 9.17) is 4.74 Å². The molecule has 18 heavy (non-hydrogen) atoms. The van der Waals surface area contributed by atoms with Gasteiger partial charge in [0.05, 0.1) is 24.3 Å². The molecule has 2 rings (SSSR count). The minimum atomic E-state index is -0.355. The molecule has 0 fully saturated rings. The largest absolute Gasteiger partial charge is 0.463 e. The molecule has 2 aromatic rings. The molecule has 4 nitrogen and oxygen atoms in total. The lowest BCUT2D eigenvalue weighted by atomic mass is 10.1. The van der Waals surface area contributed by atoms with Gasteiger partial charge in [0, 0.05) is 11.6 Å². The first-order valence-electron chi connectivity index (χ1n) is 5.75. The second-order valence-electron chi connectivity index (χ2n) is 3.62. The number of imidazole rings is 1. The van der Waals surface area contributed by atoms with Gasteiger partial charge in [-0.1, -0.05) is 30.3 Å². The van der Waals surface area contributed by atoms with Crippen LogP contribution in [0.25, 0.3) is 17.3 Å². The Morgan fingerprint density at radius 2 is 2.17 bits per heavy atom. The molecular formula is C14H14N2O2. The molecule has 1 aromatic carbocycles. The topological polar surface area (TPSA) is 55.0 Å². The Bertz CT molecular complexity index is 544. The zero-order valence-electron chi connectivity index (χ0n) is 10.1. The minimum Gasteiger partial charge on any atom is -0.463 e. The lowest BCUT2D eigenvalue weighted by molar-refractivity contribution is -0.137. The monoisotopic (exact) mass is 242 g/mol. The maximum absolute atomic E-state index is 11.2. The number of H-pyrrole nitrogens is 1. The predicted octanol–water partition coefficient (Wildman–Crippen LogP) is 2.65. The molecule has 0 radical (unpaired) electrons. The summed E-state index contributed by atoms with van der Waals surface area (Å²) in [7, 11) is 0. The number of ether oxygens (including phenoxy) is 1. The van der Waals surface area contributed by atoms with Crippen molar-refractivity contribution in [2.24, 2.45) is 0 Å². The maximum atomic E-state index is 11.2. The quantitative estimate of drug-likeness (QED) is 0.662. The van der Waals surface area contributed by atoms with Crippen molar-refractivity contribution in [2.45, 2.75) is 6.92 Å². The molecule has 1 N–H and O–H groups in total. The molecule has 0 atom stereocenters. The van der Waals surface area contributed by atoms with E-state index in [2.05, 4.69) is 9.97 Å². The molecule has 0 spiro atoms. The Balaban J connectivity index is 2.21. The Morgan fingerprint density at radius 3 is 2.89 bits per heavy atom. The van der Waals surface area contributed by atoms with Crippen molar-refractivity contribution in [2.75, 3.05) is 6.61 Å². The van der Waals surface area contributed by atoms with E-state index in [0.29, 0.717) is 6.61 Å². The number of carbonyl (C=O) groups is 1. The number of nitrogens with one attached hydrogen (secondary N) is 1. The third-order valence-corrected chi connectivity index (χ3v) is 2.39. The summed E-state index contributed by atoms with van der Waals surface area (Å²) in [5.74, 6) is -0.355. The highest BCUT2D eigenvalue weighted by Gasteiger charge is 2.05. The van der Waals surface area contributed by atoms with E-state index in [1.807, 2.05) is 30.3 Å². The van der Waals surface area contributed by atoms with Gasteiger partial charge in [0.25, 0.3) is 0 Å². The fourth-order valence-electron chi connectivity index (χ4n) is 1.60. The van der Waals surface area contributed by atoms with Gasteiger partial charge in [-0.2, -0.15) is 0 Å². The maximum Gasteiger partial charge on any atom is 0.330 e. The van der Waals surface area contributed by atoms with E-state index in [1.54, 1.807) is 19.3 Å². The van der Waals surface area contributed by atoms with Crippen molar-refractivity contribution in [1.29, 1.82) is 0 Å². The van der Waals surface area contributed by atoms with Crippen LogP contribution in [0.2, 0.25) is 0 Å². The zero-order valence-corrected chi connectivity index (χ0v) is 10.1. The second-order valence-corrected chi connectivity index (χ2v) is 3.62. The zero-order chi connectivity index (χ0) is 12.8. The van der Waals surface area contributed by atoms with E-state index < -0.39 is 0 Å². The first-order chi connectivity index (χ1) is 8.81. The highest BCUT2D eigenvalue weighted by atomic mass is 16.5. The third kappa shape index (κ3) is 2.85. The SMILES string of the molecule is CCOC(=O)C=Cc1[nH]cnc1-c1ccccc1. The van der Waals surface area contributed by atoms with Crippen LogP contribution < -0.4 is 0 Å². The Hall–Kier alpha value is -2.36. The summed E-state index contributed by atoms with van der Waals surface area (Å²) in [5.41, 5.74) is 2.60. The van der Waals surface area contributed by atoms with Gasteiger partial charge in [-0.05, 0) is 13.0 Å². The molecule has 0 amide bonds. The number of benzene rings is 1. The third-order valence-electron chi connectivity index (χ3n) is 2.39. The van der Waals surface area contributed by atoms with Gasteiger partial charge >= 0.3 is 5.97 Å². The Morgan fingerprint density at radius 1 is 1.39 bits per heavy atom. The molecule has 0 bridgehead atoms. The highest BCUT2D eigenvalue weighted by Crippen LogP contribution is 2.20. The summed E-state index contributed by atoms with van der Waals surface area (Å²) in [4.78, 5) is 18.5. The van der Waals surface area contributed by atoms with Crippen LogP contribution in [0.5, 0.6) is 0 Å². The molecule has 1 aromatic heterocycles. The Kier molecular flexibility index (Phi) is 3.91. The highest BCUT2D eigenvalue weighted by molar-refractivity contribution is 5.88. The van der Waals surface area contributed by atoms with Crippen molar-refractivity contribution >= 4 is 12.0 Å². The summed E-state index contributed by atoms with van der Waals surface area (Å²) in [6.45, 7) is 2.15. The van der Waals surface area contributed by atoms with Gasteiger partial charge in [-0.25, -0.2) is 9.78 Å². The number of carbonyl (C=O) groups excluding carboxylic acids is 1. The molecule has 4 heteroatoms. The number of esters is 1. The average molecular weight is 242 g/mol.